The van der Waals surface area contributed by atoms with Crippen molar-refractivity contribution in [3.8, 4) is 0 Å². The Balaban J connectivity index is 2.65. The molecular formula is C31H56O16Si3. The summed E-state index contributed by atoms with van der Waals surface area (Å²) >= 11 is 0. The Morgan fingerprint density at radius 1 is 0.440 bits per heavy atom. The maximum absolute atomic E-state index is 12.3. The van der Waals surface area contributed by atoms with E-state index < -0.39 is 123 Å². The van der Waals surface area contributed by atoms with Crippen molar-refractivity contribution >= 4 is 54.8 Å². The molecule has 1 unspecified atom stereocenters. The molecule has 16 nitrogen and oxygen atoms in total. The minimum atomic E-state index is -2.36. The summed E-state index contributed by atoms with van der Waals surface area (Å²) in [7, 11) is -6.92. The van der Waals surface area contributed by atoms with Crippen LogP contribution in [0.4, 0.5) is 0 Å². The number of hydrogen-bond acceptors (Lipinski definition) is 16. The summed E-state index contributed by atoms with van der Waals surface area (Å²) in [4.78, 5) is 60.7. The fraction of sp³-hybridized carbons (Fsp3) is 0.839. The molecule has 2 rings (SSSR count). The van der Waals surface area contributed by atoms with E-state index in [0.717, 1.165) is 27.7 Å². The highest BCUT2D eigenvalue weighted by molar-refractivity contribution is 6.70. The van der Waals surface area contributed by atoms with E-state index in [-0.39, 0.29) is 6.61 Å². The quantitative estimate of drug-likeness (QED) is 0.134. The Bertz CT molecular complexity index is 1200. The first kappa shape index (κ1) is 43.9. The Kier molecular flexibility index (Phi) is 15.8. The van der Waals surface area contributed by atoms with Gasteiger partial charge >= 0.3 is 29.8 Å². The maximum Gasteiger partial charge on any atom is 0.305 e. The zero-order valence-electron chi connectivity index (χ0n) is 31.7. The average molecular weight is 769 g/mol. The van der Waals surface area contributed by atoms with Gasteiger partial charge in [-0.05, 0) is 58.9 Å². The predicted molar refractivity (Wildman–Crippen MR) is 183 cm³/mol. The molecule has 0 radical (unpaired) electrons. The first-order valence-electron chi connectivity index (χ1n) is 16.5. The van der Waals surface area contributed by atoms with Crippen molar-refractivity contribution in [3.05, 3.63) is 0 Å². The van der Waals surface area contributed by atoms with Crippen LogP contribution in [-0.4, -0.2) is 129 Å². The van der Waals surface area contributed by atoms with Gasteiger partial charge in [-0.15, -0.1) is 0 Å². The van der Waals surface area contributed by atoms with E-state index in [9.17, 15) is 24.0 Å². The first-order chi connectivity index (χ1) is 22.8. The fourth-order valence-electron chi connectivity index (χ4n) is 5.41. The lowest BCUT2D eigenvalue weighted by molar-refractivity contribution is -0.325. The molecule has 50 heavy (non-hydrogen) atoms. The third-order valence-electron chi connectivity index (χ3n) is 6.72. The summed E-state index contributed by atoms with van der Waals surface area (Å²) < 4.78 is 66.2. The molecule has 10 atom stereocenters. The Morgan fingerprint density at radius 2 is 0.840 bits per heavy atom. The van der Waals surface area contributed by atoms with E-state index in [0.29, 0.717) is 0 Å². The van der Waals surface area contributed by atoms with Gasteiger partial charge in [0.15, 0.2) is 43.5 Å². The molecule has 2 aliphatic rings. The van der Waals surface area contributed by atoms with Gasteiger partial charge in [0.25, 0.3) is 0 Å². The summed E-state index contributed by atoms with van der Waals surface area (Å²) in [5.41, 5.74) is 0. The van der Waals surface area contributed by atoms with Gasteiger partial charge in [0, 0.05) is 34.6 Å². The molecule has 2 fully saturated rings. The molecule has 2 saturated heterocycles. The third kappa shape index (κ3) is 14.8. The molecule has 288 valence electrons. The van der Waals surface area contributed by atoms with E-state index in [1.54, 1.807) is 0 Å². The fourth-order valence-corrected chi connectivity index (χ4v) is 8.66. The monoisotopic (exact) mass is 768 g/mol. The largest absolute Gasteiger partial charge is 0.463 e. The highest BCUT2D eigenvalue weighted by Crippen LogP contribution is 2.36. The summed E-state index contributed by atoms with van der Waals surface area (Å²) in [5.74, 6) is -3.66. The van der Waals surface area contributed by atoms with Crippen LogP contribution < -0.4 is 0 Å². The molecular weight excluding hydrogens is 713 g/mol. The second-order valence-corrected chi connectivity index (χ2v) is 28.5. The van der Waals surface area contributed by atoms with Crippen molar-refractivity contribution < 1.29 is 75.1 Å². The van der Waals surface area contributed by atoms with Crippen LogP contribution >= 0.6 is 0 Å². The van der Waals surface area contributed by atoms with Crippen molar-refractivity contribution in [1.82, 2.24) is 0 Å². The van der Waals surface area contributed by atoms with Crippen LogP contribution in [0.2, 0.25) is 58.9 Å². The van der Waals surface area contributed by atoms with Gasteiger partial charge < -0.3 is 51.2 Å². The van der Waals surface area contributed by atoms with Crippen molar-refractivity contribution in [2.45, 2.75) is 155 Å². The smallest absolute Gasteiger partial charge is 0.305 e. The Morgan fingerprint density at radius 3 is 1.30 bits per heavy atom. The van der Waals surface area contributed by atoms with Crippen molar-refractivity contribution in [2.75, 3.05) is 13.2 Å². The molecule has 0 N–H and O–H groups in total. The van der Waals surface area contributed by atoms with E-state index in [1.165, 1.54) is 6.92 Å². The molecule has 2 heterocycles. The van der Waals surface area contributed by atoms with Crippen LogP contribution in [-0.2, 0) is 75.1 Å². The van der Waals surface area contributed by atoms with Crippen LogP contribution in [0.15, 0.2) is 0 Å². The zero-order chi connectivity index (χ0) is 38.4. The van der Waals surface area contributed by atoms with Crippen LogP contribution in [0.5, 0.6) is 0 Å². The number of rotatable bonds is 15. The molecule has 0 aromatic heterocycles. The van der Waals surface area contributed by atoms with Gasteiger partial charge in [0.1, 0.15) is 37.1 Å². The van der Waals surface area contributed by atoms with Gasteiger partial charge in [-0.3, -0.25) is 24.0 Å². The second kappa shape index (κ2) is 18.0. The summed E-state index contributed by atoms with van der Waals surface area (Å²) in [6.45, 7) is 23.4. The van der Waals surface area contributed by atoms with Crippen LogP contribution in [0.1, 0.15) is 34.6 Å². The van der Waals surface area contributed by atoms with Crippen molar-refractivity contribution in [1.29, 1.82) is 0 Å². The van der Waals surface area contributed by atoms with Gasteiger partial charge in [-0.1, -0.05) is 0 Å². The molecule has 19 heteroatoms. The normalized spacial score (nSPS) is 30.5. The number of carbonyl (C=O) groups excluding carboxylic acids is 5. The maximum atomic E-state index is 12.3. The lowest BCUT2D eigenvalue weighted by Gasteiger charge is -2.50. The van der Waals surface area contributed by atoms with Gasteiger partial charge in [0.2, 0.25) is 12.4 Å². The highest BCUT2D eigenvalue weighted by Gasteiger charge is 2.56. The molecule has 0 spiro atoms. The topological polar surface area (TPSA) is 187 Å². The third-order valence-corrected chi connectivity index (χ3v) is 9.65. The van der Waals surface area contributed by atoms with Crippen LogP contribution in [0.3, 0.4) is 0 Å². The number of carbonyl (C=O) groups is 5. The van der Waals surface area contributed by atoms with E-state index >= 15 is 0 Å². The lowest BCUT2D eigenvalue weighted by atomic mass is 9.97. The molecule has 0 aromatic carbocycles. The SMILES string of the molecule is CC(=O)OC[C@H]1O[C@H](OC[C@H]2OC(OC(C)=O)[C@H](OC(C)=O)[C@@H](OC(C)=O)[C@@H]2OC(C)=O)[C@H](O[Si](C)(C)C)[C@@H](O[Si](C)(C)C)[C@H]1O[Si](C)(C)C. The standard InChI is InChI=1S/C31H56O16Si3/c1-17(32)37-15-23-25(45-48(6,7)8)27(46-49(9,10)11)29(47-50(12,13)14)30(43-23)38-16-22-24(39-18(2)33)26(40-19(3)34)28(41-20(4)35)31(44-22)42-21(5)36/h22-31H,15-16H2,1-14H3/t22-,23-,24-,25+,26+,27+,28-,29-,30+,31?/m1/s1. The first-order valence-corrected chi connectivity index (χ1v) is 26.8. The zero-order valence-corrected chi connectivity index (χ0v) is 34.7. The molecule has 0 bridgehead atoms. The number of hydrogen-bond donors (Lipinski definition) is 0. The molecule has 0 saturated carbocycles. The minimum absolute atomic E-state index is 0.168. The summed E-state index contributed by atoms with van der Waals surface area (Å²) in [5, 5.41) is 0. The van der Waals surface area contributed by atoms with E-state index in [2.05, 4.69) is 0 Å². The Labute approximate surface area is 297 Å². The number of esters is 5. The summed E-state index contributed by atoms with van der Waals surface area (Å²) in [6, 6.07) is 0. The summed E-state index contributed by atoms with van der Waals surface area (Å²) in [6.07, 6.45) is -11.4. The van der Waals surface area contributed by atoms with Crippen LogP contribution in [0.25, 0.3) is 0 Å². The molecule has 0 amide bonds. The Hall–Kier alpha value is -2.24. The van der Waals surface area contributed by atoms with Gasteiger partial charge in [-0.2, -0.15) is 0 Å². The molecule has 0 aromatic rings. The van der Waals surface area contributed by atoms with E-state index in [4.69, 9.17) is 51.2 Å². The lowest BCUT2D eigenvalue weighted by Crippen LogP contribution is -2.67. The van der Waals surface area contributed by atoms with Crippen molar-refractivity contribution in [2.24, 2.45) is 0 Å². The van der Waals surface area contributed by atoms with E-state index in [1.807, 2.05) is 58.9 Å². The average Bonchev–Trinajstić information content (AvgIpc) is 2.89. The molecule has 0 aliphatic carbocycles. The van der Waals surface area contributed by atoms with Gasteiger partial charge in [0.05, 0.1) is 6.61 Å². The minimum Gasteiger partial charge on any atom is -0.463 e. The predicted octanol–water partition coefficient (Wildman–Crippen LogP) is 3.03. The highest BCUT2D eigenvalue weighted by atomic mass is 28.4. The second-order valence-electron chi connectivity index (χ2n) is 15.1. The van der Waals surface area contributed by atoms with Crippen molar-refractivity contribution in [3.63, 3.8) is 0 Å². The van der Waals surface area contributed by atoms with Gasteiger partial charge in [-0.25, -0.2) is 0 Å². The van der Waals surface area contributed by atoms with Crippen LogP contribution in [0, 0.1) is 0 Å². The molecule has 2 aliphatic heterocycles. The number of ether oxygens (including phenoxy) is 8.